The molecule has 0 N–H and O–H groups in total. The molecule has 0 radical (unpaired) electrons. The Morgan fingerprint density at radius 1 is 0.440 bits per heavy atom. The van der Waals surface area contributed by atoms with Crippen molar-refractivity contribution < 1.29 is 31.8 Å². The zero-order valence-electron chi connectivity index (χ0n) is 45.7. The molecule has 10 aromatic rings. The molecule has 0 unspecified atom stereocenters. The molecule has 10 rings (SSSR count). The zero-order valence-corrected chi connectivity index (χ0v) is 25.7. The monoisotopic (exact) mass is 657 g/mol. The van der Waals surface area contributed by atoms with Crippen molar-refractivity contribution in [2.45, 2.75) is 0 Å². The van der Waals surface area contributed by atoms with Crippen molar-refractivity contribution in [3.05, 3.63) is 188 Å². The topological polar surface area (TPSA) is 16.4 Å². The highest BCUT2D eigenvalue weighted by Gasteiger charge is 2.23. The summed E-state index contributed by atoms with van der Waals surface area (Å²) in [5, 5.41) is -0.881. The number of rotatable bonds is 5. The second kappa shape index (κ2) is 11.5. The van der Waals surface area contributed by atoms with E-state index in [4.69, 9.17) is 26.3 Å². The highest BCUT2D eigenvalue weighted by molar-refractivity contribution is 6.18. The smallest absolute Gasteiger partial charge is 0.145 e. The van der Waals surface area contributed by atoms with Crippen molar-refractivity contribution in [2.24, 2.45) is 0 Å². The Balaban J connectivity index is 1.32. The van der Waals surface area contributed by atoms with Gasteiger partial charge in [0.15, 0.2) is 0 Å². The standard InChI is InChI=1S/C48H31NO/c1-3-13-36-30-38(22-20-32(36)10-1)34-24-26-40(27-25-34)49(44-18-9-15-35-12-5-6-16-41(35)44)45-29-28-42(39-23-21-33-11-2-4-14-37(33)31-39)48-47(45)43-17-7-8-19-46(43)50-48/h1-31H/i1D,2D,3D,4D,5D,6D,9D,10D,11D,12D,13D,14D,15D,16D,18D,20D,21D,23D,30D,31D. The molecule has 0 bridgehead atoms. The molecule has 0 aliphatic heterocycles. The normalized spacial score (nSPS) is 17.2. The van der Waals surface area contributed by atoms with Gasteiger partial charge in [0.2, 0.25) is 0 Å². The average molecular weight is 658 g/mol. The quantitative estimate of drug-likeness (QED) is 0.183. The van der Waals surface area contributed by atoms with Gasteiger partial charge in [-0.3, -0.25) is 0 Å². The lowest BCUT2D eigenvalue weighted by Crippen LogP contribution is -2.11. The second-order valence-electron chi connectivity index (χ2n) is 11.4. The number of nitrogens with zero attached hydrogens (tertiary/aromatic N) is 1. The summed E-state index contributed by atoms with van der Waals surface area (Å²) in [7, 11) is 0. The first-order valence-electron chi connectivity index (χ1n) is 25.5. The third-order valence-electron chi connectivity index (χ3n) is 8.53. The van der Waals surface area contributed by atoms with Crippen LogP contribution in [0.4, 0.5) is 17.1 Å². The Morgan fingerprint density at radius 3 is 1.94 bits per heavy atom. The van der Waals surface area contributed by atoms with Gasteiger partial charge in [0.05, 0.1) is 44.2 Å². The Kier molecular flexibility index (Phi) is 3.42. The predicted octanol–water partition coefficient (Wildman–Crippen LogP) is 13.8. The van der Waals surface area contributed by atoms with E-state index in [0.717, 1.165) is 0 Å². The first kappa shape index (κ1) is 14.9. The van der Waals surface area contributed by atoms with Crippen LogP contribution < -0.4 is 4.90 Å². The van der Waals surface area contributed by atoms with Gasteiger partial charge in [0.25, 0.3) is 0 Å². The second-order valence-corrected chi connectivity index (χ2v) is 11.4. The maximum atomic E-state index is 9.49. The number of hydrogen-bond donors (Lipinski definition) is 0. The molecule has 0 aliphatic carbocycles. The fraction of sp³-hybridized carbons (Fsp3) is 0. The molecule has 0 spiro atoms. The molecule has 50 heavy (non-hydrogen) atoms. The SMILES string of the molecule is [2H]c1c([2H])c([2H])c2c([2H])c(-c3ccc(N(c4c([2H])c([2H])c([2H])c5c([2H])c([2H])c([2H])c([2H])c45)c4ccc(-c5c([2H])c([2H])c6c([2H])c([2H])c([2H])c([2H])c6c5[2H])c5oc6ccccc6c45)cc3)cc([2H])c2c1[2H]. The fourth-order valence-electron chi connectivity index (χ4n) is 6.24. The van der Waals surface area contributed by atoms with Crippen LogP contribution in [-0.4, -0.2) is 0 Å². The van der Waals surface area contributed by atoms with Gasteiger partial charge < -0.3 is 9.32 Å². The van der Waals surface area contributed by atoms with E-state index in [1.54, 1.807) is 36.4 Å². The van der Waals surface area contributed by atoms with Crippen LogP contribution in [0.1, 0.15) is 27.4 Å². The molecule has 2 heteroatoms. The summed E-state index contributed by atoms with van der Waals surface area (Å²) < 4.78 is 182. The summed E-state index contributed by atoms with van der Waals surface area (Å²) in [6.45, 7) is 0. The number of hydrogen-bond acceptors (Lipinski definition) is 2. The number of furan rings is 1. The van der Waals surface area contributed by atoms with E-state index in [1.165, 1.54) is 35.2 Å². The van der Waals surface area contributed by atoms with E-state index in [2.05, 4.69) is 0 Å². The maximum Gasteiger partial charge on any atom is 0.145 e. The maximum absolute atomic E-state index is 9.49. The van der Waals surface area contributed by atoms with E-state index in [9.17, 15) is 5.48 Å². The lowest BCUT2D eigenvalue weighted by atomic mass is 9.97. The van der Waals surface area contributed by atoms with Crippen LogP contribution in [0.25, 0.3) is 76.5 Å². The molecule has 9 aromatic carbocycles. The van der Waals surface area contributed by atoms with Gasteiger partial charge in [0, 0.05) is 22.0 Å². The molecule has 2 nitrogen and oxygen atoms in total. The summed E-state index contributed by atoms with van der Waals surface area (Å²) in [5.74, 6) is 0. The lowest BCUT2D eigenvalue weighted by Gasteiger charge is -2.28. The zero-order chi connectivity index (χ0) is 50.4. The molecule has 0 atom stereocenters. The van der Waals surface area contributed by atoms with Crippen LogP contribution in [0.3, 0.4) is 0 Å². The van der Waals surface area contributed by atoms with Gasteiger partial charge in [-0.25, -0.2) is 0 Å². The first-order chi connectivity index (χ1) is 33.1. The predicted molar refractivity (Wildman–Crippen MR) is 212 cm³/mol. The molecule has 234 valence electrons. The van der Waals surface area contributed by atoms with E-state index in [-0.39, 0.29) is 94.7 Å². The third kappa shape index (κ3) is 4.65. The summed E-state index contributed by atoms with van der Waals surface area (Å²) in [5.41, 5.74) is 0.658. The molecule has 0 aliphatic rings. The Morgan fingerprint density at radius 2 is 1.12 bits per heavy atom. The van der Waals surface area contributed by atoms with Crippen LogP contribution >= 0.6 is 0 Å². The molecule has 0 fully saturated rings. The lowest BCUT2D eigenvalue weighted by molar-refractivity contribution is 0.670. The number of para-hydroxylation sites is 1. The highest BCUT2D eigenvalue weighted by Crippen LogP contribution is 2.47. The molecule has 1 aromatic heterocycles. The molecular weight excluding hydrogens is 607 g/mol. The molecule has 1 heterocycles. The van der Waals surface area contributed by atoms with Gasteiger partial charge in [-0.2, -0.15) is 0 Å². The first-order valence-corrected chi connectivity index (χ1v) is 15.5. The minimum absolute atomic E-state index is 0.00500. The summed E-state index contributed by atoms with van der Waals surface area (Å²) in [6, 6.07) is 5.93. The number of benzene rings is 9. The van der Waals surface area contributed by atoms with E-state index >= 15 is 0 Å². The summed E-state index contributed by atoms with van der Waals surface area (Å²) in [4.78, 5) is 1.44. The molecule has 0 saturated carbocycles. The summed E-state index contributed by atoms with van der Waals surface area (Å²) in [6.07, 6.45) is 0. The van der Waals surface area contributed by atoms with Gasteiger partial charge in [-0.15, -0.1) is 0 Å². The molecular formula is C48H31NO. The van der Waals surface area contributed by atoms with Crippen molar-refractivity contribution in [1.29, 1.82) is 0 Å². The minimum atomic E-state index is -0.685. The van der Waals surface area contributed by atoms with Gasteiger partial charge in [-0.1, -0.05) is 139 Å². The van der Waals surface area contributed by atoms with Crippen LogP contribution in [0.15, 0.2) is 192 Å². The van der Waals surface area contributed by atoms with Crippen molar-refractivity contribution in [1.82, 2.24) is 0 Å². The fourth-order valence-corrected chi connectivity index (χ4v) is 6.24. The van der Waals surface area contributed by atoms with Crippen molar-refractivity contribution in [2.75, 3.05) is 4.90 Å². The average Bonchev–Trinajstić information content (AvgIpc) is 3.74. The van der Waals surface area contributed by atoms with Crippen LogP contribution in [0.2, 0.25) is 0 Å². The third-order valence-corrected chi connectivity index (χ3v) is 8.53. The van der Waals surface area contributed by atoms with Crippen LogP contribution in [0.5, 0.6) is 0 Å². The van der Waals surface area contributed by atoms with E-state index < -0.39 is 109 Å². The molecule has 0 saturated heterocycles. The van der Waals surface area contributed by atoms with Gasteiger partial charge >= 0.3 is 0 Å². The van der Waals surface area contributed by atoms with Crippen molar-refractivity contribution >= 4 is 71.3 Å². The van der Waals surface area contributed by atoms with Crippen LogP contribution in [0, 0.1) is 0 Å². The Hall–Kier alpha value is -6.64. The minimum Gasteiger partial charge on any atom is -0.455 e. The van der Waals surface area contributed by atoms with Crippen LogP contribution in [-0.2, 0) is 0 Å². The highest BCUT2D eigenvalue weighted by atomic mass is 16.3. The number of fused-ring (bicyclic) bond motifs is 6. The van der Waals surface area contributed by atoms with Crippen molar-refractivity contribution in [3.8, 4) is 22.3 Å². The van der Waals surface area contributed by atoms with E-state index in [1.807, 2.05) is 0 Å². The number of anilines is 3. The Bertz CT molecular complexity index is 4010. The summed E-state index contributed by atoms with van der Waals surface area (Å²) >= 11 is 0. The Labute approximate surface area is 318 Å². The largest absolute Gasteiger partial charge is 0.455 e. The molecule has 0 amide bonds. The van der Waals surface area contributed by atoms with Gasteiger partial charge in [0.1, 0.15) is 11.2 Å². The van der Waals surface area contributed by atoms with E-state index in [0.29, 0.717) is 10.9 Å². The van der Waals surface area contributed by atoms with Gasteiger partial charge in [-0.05, 0) is 92.1 Å². The van der Waals surface area contributed by atoms with Crippen molar-refractivity contribution in [3.63, 3.8) is 0 Å².